The van der Waals surface area contributed by atoms with Gasteiger partial charge in [0, 0.05) is 28.6 Å². The van der Waals surface area contributed by atoms with Crippen molar-refractivity contribution in [2.24, 2.45) is 5.73 Å². The Balaban J connectivity index is 2.64. The van der Waals surface area contributed by atoms with E-state index in [1.807, 2.05) is 0 Å². The van der Waals surface area contributed by atoms with Gasteiger partial charge in [-0.15, -0.1) is 11.3 Å². The second-order valence-electron chi connectivity index (χ2n) is 2.81. The molecule has 2 heteroatoms. The van der Waals surface area contributed by atoms with Gasteiger partial charge in [0.2, 0.25) is 0 Å². The SMILES string of the molecule is Cc1csc2c1C(N)=CC#CC2. The molecule has 60 valence electrons. The van der Waals surface area contributed by atoms with Gasteiger partial charge in [0.25, 0.3) is 0 Å². The molecule has 0 unspecified atom stereocenters. The van der Waals surface area contributed by atoms with Crippen LogP contribution in [0, 0.1) is 18.8 Å². The van der Waals surface area contributed by atoms with Crippen molar-refractivity contribution in [3.05, 3.63) is 27.5 Å². The van der Waals surface area contributed by atoms with Gasteiger partial charge in [0.15, 0.2) is 0 Å². The van der Waals surface area contributed by atoms with Crippen LogP contribution < -0.4 is 5.73 Å². The van der Waals surface area contributed by atoms with Crippen LogP contribution in [-0.2, 0) is 6.42 Å². The van der Waals surface area contributed by atoms with E-state index in [0.29, 0.717) is 0 Å². The zero-order valence-electron chi connectivity index (χ0n) is 6.85. The lowest BCUT2D eigenvalue weighted by atomic mass is 10.1. The van der Waals surface area contributed by atoms with Gasteiger partial charge in [-0.3, -0.25) is 0 Å². The number of hydrogen-bond acceptors (Lipinski definition) is 2. The van der Waals surface area contributed by atoms with Crippen LogP contribution in [0.1, 0.15) is 16.0 Å². The van der Waals surface area contributed by atoms with Gasteiger partial charge in [-0.05, 0) is 17.9 Å². The summed E-state index contributed by atoms with van der Waals surface area (Å²) in [4.78, 5) is 1.30. The normalized spacial score (nSPS) is 13.9. The lowest BCUT2D eigenvalue weighted by molar-refractivity contribution is 1.34. The fraction of sp³-hybridized carbons (Fsp3) is 0.200. The molecule has 1 nitrogen and oxygen atoms in total. The van der Waals surface area contributed by atoms with E-state index < -0.39 is 0 Å². The van der Waals surface area contributed by atoms with E-state index in [1.54, 1.807) is 17.4 Å². The standard InChI is InChI=1S/C10H9NS/c1-7-6-12-9-5-3-2-4-8(11)10(7)9/h4,6H,5,11H2,1H3. The van der Waals surface area contributed by atoms with Crippen LogP contribution >= 0.6 is 11.3 Å². The first-order chi connectivity index (χ1) is 5.79. The lowest BCUT2D eigenvalue weighted by Crippen LogP contribution is -1.97. The number of aryl methyl sites for hydroxylation is 1. The summed E-state index contributed by atoms with van der Waals surface area (Å²) in [6.07, 6.45) is 2.64. The van der Waals surface area contributed by atoms with E-state index >= 15 is 0 Å². The first kappa shape index (κ1) is 7.45. The average Bonchev–Trinajstić information content (AvgIpc) is 2.29. The second kappa shape index (κ2) is 2.69. The molecule has 0 bridgehead atoms. The van der Waals surface area contributed by atoms with Crippen LogP contribution in [0.25, 0.3) is 5.70 Å². The summed E-state index contributed by atoms with van der Waals surface area (Å²) in [5, 5.41) is 2.14. The molecule has 1 aliphatic carbocycles. The van der Waals surface area contributed by atoms with Gasteiger partial charge in [0.1, 0.15) is 0 Å². The number of allylic oxidation sites excluding steroid dienone is 1. The third-order valence-electron chi connectivity index (χ3n) is 1.92. The van der Waals surface area contributed by atoms with Gasteiger partial charge in [-0.1, -0.05) is 11.8 Å². The quantitative estimate of drug-likeness (QED) is 0.599. The summed E-state index contributed by atoms with van der Waals surface area (Å²) >= 11 is 1.75. The minimum Gasteiger partial charge on any atom is -0.398 e. The highest BCUT2D eigenvalue weighted by molar-refractivity contribution is 7.10. The molecule has 0 atom stereocenters. The summed E-state index contributed by atoms with van der Waals surface area (Å²) < 4.78 is 0. The highest BCUT2D eigenvalue weighted by atomic mass is 32.1. The molecular weight excluding hydrogens is 166 g/mol. The van der Waals surface area contributed by atoms with Crippen molar-refractivity contribution in [3.8, 4) is 11.8 Å². The summed E-state index contributed by atoms with van der Waals surface area (Å²) in [7, 11) is 0. The molecule has 0 aliphatic heterocycles. The molecule has 12 heavy (non-hydrogen) atoms. The van der Waals surface area contributed by atoms with Crippen LogP contribution in [0.4, 0.5) is 0 Å². The summed E-state index contributed by atoms with van der Waals surface area (Å²) in [5.41, 5.74) is 9.12. The van der Waals surface area contributed by atoms with Crippen LogP contribution in [0.5, 0.6) is 0 Å². The number of nitrogens with two attached hydrogens (primary N) is 1. The van der Waals surface area contributed by atoms with E-state index in [-0.39, 0.29) is 0 Å². The Hall–Kier alpha value is -1.20. The largest absolute Gasteiger partial charge is 0.398 e. The molecule has 2 rings (SSSR count). The molecule has 0 saturated carbocycles. The predicted molar refractivity (Wildman–Crippen MR) is 52.7 cm³/mol. The van der Waals surface area contributed by atoms with Crippen LogP contribution in [-0.4, -0.2) is 0 Å². The van der Waals surface area contributed by atoms with E-state index in [9.17, 15) is 0 Å². The fourth-order valence-corrected chi connectivity index (χ4v) is 2.34. The molecule has 2 N–H and O–H groups in total. The molecule has 0 radical (unpaired) electrons. The van der Waals surface area contributed by atoms with Crippen molar-refractivity contribution in [2.75, 3.05) is 0 Å². The molecule has 0 saturated heterocycles. The molecule has 0 aromatic carbocycles. The fourth-order valence-electron chi connectivity index (χ4n) is 1.35. The molecule has 1 aliphatic rings. The smallest absolute Gasteiger partial charge is 0.0486 e. The molecule has 1 heterocycles. The third kappa shape index (κ3) is 1.03. The van der Waals surface area contributed by atoms with Crippen molar-refractivity contribution in [2.45, 2.75) is 13.3 Å². The maximum atomic E-state index is 5.86. The van der Waals surface area contributed by atoms with Crippen molar-refractivity contribution < 1.29 is 0 Å². The Morgan fingerprint density at radius 1 is 1.58 bits per heavy atom. The van der Waals surface area contributed by atoms with E-state index in [1.165, 1.54) is 16.0 Å². The topological polar surface area (TPSA) is 26.0 Å². The van der Waals surface area contributed by atoms with Gasteiger partial charge in [0.05, 0.1) is 0 Å². The van der Waals surface area contributed by atoms with Gasteiger partial charge >= 0.3 is 0 Å². The molecule has 0 fully saturated rings. The van der Waals surface area contributed by atoms with Gasteiger partial charge < -0.3 is 5.73 Å². The second-order valence-corrected chi connectivity index (χ2v) is 3.78. The number of hydrogen-bond donors (Lipinski definition) is 1. The molecule has 1 aromatic heterocycles. The highest BCUT2D eigenvalue weighted by Crippen LogP contribution is 2.27. The zero-order chi connectivity index (χ0) is 8.55. The lowest BCUT2D eigenvalue weighted by Gasteiger charge is -2.00. The molecular formula is C10H9NS. The number of rotatable bonds is 0. The summed E-state index contributed by atoms with van der Waals surface area (Å²) in [6.45, 7) is 2.08. The molecule has 0 amide bonds. The van der Waals surface area contributed by atoms with Crippen molar-refractivity contribution in [1.82, 2.24) is 0 Å². The predicted octanol–water partition coefficient (Wildman–Crippen LogP) is 1.92. The summed E-state index contributed by atoms with van der Waals surface area (Å²) in [6, 6.07) is 0. The minimum absolute atomic E-state index is 0.814. The van der Waals surface area contributed by atoms with Crippen molar-refractivity contribution in [1.29, 1.82) is 0 Å². The van der Waals surface area contributed by atoms with E-state index in [2.05, 4.69) is 24.1 Å². The molecule has 0 spiro atoms. The highest BCUT2D eigenvalue weighted by Gasteiger charge is 2.10. The van der Waals surface area contributed by atoms with Crippen molar-refractivity contribution >= 4 is 17.0 Å². The van der Waals surface area contributed by atoms with E-state index in [0.717, 1.165) is 12.1 Å². The Labute approximate surface area is 75.9 Å². The first-order valence-corrected chi connectivity index (χ1v) is 4.68. The Bertz CT molecular complexity index is 401. The summed E-state index contributed by atoms with van der Waals surface area (Å²) in [5.74, 6) is 5.98. The maximum absolute atomic E-state index is 5.86. The van der Waals surface area contributed by atoms with Gasteiger partial charge in [-0.25, -0.2) is 0 Å². The minimum atomic E-state index is 0.814. The van der Waals surface area contributed by atoms with Crippen LogP contribution in [0.2, 0.25) is 0 Å². The van der Waals surface area contributed by atoms with Crippen molar-refractivity contribution in [3.63, 3.8) is 0 Å². The Kier molecular flexibility index (Phi) is 1.67. The molecule has 1 aromatic rings. The number of fused-ring (bicyclic) bond motifs is 1. The van der Waals surface area contributed by atoms with Gasteiger partial charge in [-0.2, -0.15) is 0 Å². The van der Waals surface area contributed by atoms with Crippen LogP contribution in [0.15, 0.2) is 11.5 Å². The monoisotopic (exact) mass is 175 g/mol. The Morgan fingerprint density at radius 2 is 2.42 bits per heavy atom. The zero-order valence-corrected chi connectivity index (χ0v) is 7.66. The first-order valence-electron chi connectivity index (χ1n) is 3.80. The maximum Gasteiger partial charge on any atom is 0.0486 e. The number of thiophene rings is 1. The van der Waals surface area contributed by atoms with E-state index in [4.69, 9.17) is 5.73 Å². The average molecular weight is 175 g/mol. The van der Waals surface area contributed by atoms with Crippen LogP contribution in [0.3, 0.4) is 0 Å². The Morgan fingerprint density at radius 3 is 3.25 bits per heavy atom. The third-order valence-corrected chi connectivity index (χ3v) is 3.02.